The van der Waals surface area contributed by atoms with Gasteiger partial charge in [-0.3, -0.25) is 9.59 Å². The lowest BCUT2D eigenvalue weighted by atomic mass is 10.1. The van der Waals surface area contributed by atoms with Crippen LogP contribution in [0.3, 0.4) is 0 Å². The van der Waals surface area contributed by atoms with Crippen molar-refractivity contribution in [2.24, 2.45) is 0 Å². The first-order valence-corrected chi connectivity index (χ1v) is 9.06. The number of ether oxygens (including phenoxy) is 4. The third-order valence-corrected chi connectivity index (χ3v) is 4.24. The van der Waals surface area contributed by atoms with Gasteiger partial charge in [0.25, 0.3) is 5.91 Å². The summed E-state index contributed by atoms with van der Waals surface area (Å²) in [5.41, 5.74) is -0.957. The summed E-state index contributed by atoms with van der Waals surface area (Å²) in [6.07, 6.45) is -6.19. The van der Waals surface area contributed by atoms with Crippen LogP contribution in [-0.2, 0) is 26.9 Å². The Labute approximate surface area is 177 Å². The number of benzene rings is 2. The van der Waals surface area contributed by atoms with Crippen molar-refractivity contribution in [3.05, 3.63) is 47.5 Å². The largest absolute Gasteiger partial charge is 0.493 e. The summed E-state index contributed by atoms with van der Waals surface area (Å²) in [7, 11) is 4.28. The van der Waals surface area contributed by atoms with E-state index in [0.29, 0.717) is 22.8 Å². The highest BCUT2D eigenvalue weighted by atomic mass is 19.4. The predicted octanol–water partition coefficient (Wildman–Crippen LogP) is 3.84. The highest BCUT2D eigenvalue weighted by Crippen LogP contribution is 2.38. The second-order valence-electron chi connectivity index (χ2n) is 6.38. The molecule has 31 heavy (non-hydrogen) atoms. The molecule has 0 radical (unpaired) electrons. The van der Waals surface area contributed by atoms with Crippen LogP contribution in [0, 0.1) is 0 Å². The maximum Gasteiger partial charge on any atom is 0.418 e. The van der Waals surface area contributed by atoms with Crippen LogP contribution in [0.15, 0.2) is 36.4 Å². The summed E-state index contributed by atoms with van der Waals surface area (Å²) in [5.74, 6) is -0.646. The van der Waals surface area contributed by atoms with Crippen LogP contribution in [0.1, 0.15) is 18.1 Å². The van der Waals surface area contributed by atoms with Gasteiger partial charge >= 0.3 is 12.1 Å². The van der Waals surface area contributed by atoms with Crippen molar-refractivity contribution in [1.82, 2.24) is 0 Å². The molecule has 0 spiro atoms. The zero-order chi connectivity index (χ0) is 23.2. The predicted molar refractivity (Wildman–Crippen MR) is 105 cm³/mol. The Morgan fingerprint density at radius 1 is 1.00 bits per heavy atom. The number of nitrogens with one attached hydrogen (secondary N) is 1. The van der Waals surface area contributed by atoms with Crippen LogP contribution >= 0.6 is 0 Å². The number of hydrogen-bond acceptors (Lipinski definition) is 6. The Bertz CT molecular complexity index is 920. The Hall–Kier alpha value is -3.43. The summed E-state index contributed by atoms with van der Waals surface area (Å²) in [6.45, 7) is 1.26. The molecule has 1 unspecified atom stereocenters. The Morgan fingerprint density at radius 2 is 1.58 bits per heavy atom. The summed E-state index contributed by atoms with van der Waals surface area (Å²) in [6, 6.07) is 7.62. The molecule has 0 aliphatic heterocycles. The second-order valence-corrected chi connectivity index (χ2v) is 6.38. The standard InChI is InChI=1S/C21H22F3NO6/c1-12(20(27)25-15-8-6-5-7-14(15)21(22,23)24)31-18(26)11-13-9-16(28-2)19(30-4)17(10-13)29-3/h5-10,12H,11H2,1-4H3,(H,25,27). The topological polar surface area (TPSA) is 83.1 Å². The smallest absolute Gasteiger partial charge is 0.418 e. The van der Waals surface area contributed by atoms with Crippen molar-refractivity contribution in [3.8, 4) is 17.2 Å². The number of hydrogen-bond donors (Lipinski definition) is 1. The minimum absolute atomic E-state index is 0.229. The van der Waals surface area contributed by atoms with Crippen molar-refractivity contribution in [2.45, 2.75) is 25.6 Å². The fourth-order valence-corrected chi connectivity index (χ4v) is 2.77. The van der Waals surface area contributed by atoms with Gasteiger partial charge in [-0.15, -0.1) is 0 Å². The SMILES string of the molecule is COc1cc(CC(=O)OC(C)C(=O)Nc2ccccc2C(F)(F)F)cc(OC)c1OC. The molecule has 2 aromatic rings. The fraction of sp³-hybridized carbons (Fsp3) is 0.333. The lowest BCUT2D eigenvalue weighted by Crippen LogP contribution is -2.31. The number of anilines is 1. The number of esters is 1. The van der Waals surface area contributed by atoms with E-state index in [9.17, 15) is 22.8 Å². The molecule has 0 fully saturated rings. The van der Waals surface area contributed by atoms with Gasteiger partial charge in [-0.25, -0.2) is 0 Å². The number of alkyl halides is 3. The zero-order valence-corrected chi connectivity index (χ0v) is 17.3. The van der Waals surface area contributed by atoms with Gasteiger partial charge in [0.1, 0.15) is 0 Å². The second kappa shape index (κ2) is 10.1. The van der Waals surface area contributed by atoms with Crippen LogP contribution in [0.5, 0.6) is 17.2 Å². The van der Waals surface area contributed by atoms with E-state index in [1.807, 2.05) is 0 Å². The van der Waals surface area contributed by atoms with E-state index < -0.39 is 35.4 Å². The van der Waals surface area contributed by atoms with Crippen molar-refractivity contribution >= 4 is 17.6 Å². The molecular formula is C21H22F3NO6. The number of methoxy groups -OCH3 is 3. The summed E-state index contributed by atoms with van der Waals surface area (Å²) >= 11 is 0. The average Bonchev–Trinajstić information content (AvgIpc) is 2.72. The van der Waals surface area contributed by atoms with E-state index in [1.54, 1.807) is 12.1 Å². The molecule has 0 heterocycles. The van der Waals surface area contributed by atoms with Gasteiger partial charge in [-0.2, -0.15) is 13.2 Å². The highest BCUT2D eigenvalue weighted by molar-refractivity contribution is 5.95. The van der Waals surface area contributed by atoms with Crippen LogP contribution in [0.2, 0.25) is 0 Å². The third kappa shape index (κ3) is 6.03. The maximum atomic E-state index is 13.1. The minimum Gasteiger partial charge on any atom is -0.493 e. The van der Waals surface area contributed by atoms with Crippen LogP contribution in [0.4, 0.5) is 18.9 Å². The lowest BCUT2D eigenvalue weighted by molar-refractivity contribution is -0.152. The molecule has 0 saturated carbocycles. The van der Waals surface area contributed by atoms with Gasteiger partial charge in [0.15, 0.2) is 17.6 Å². The van der Waals surface area contributed by atoms with Gasteiger partial charge in [0.05, 0.1) is 39.0 Å². The van der Waals surface area contributed by atoms with E-state index in [4.69, 9.17) is 18.9 Å². The molecule has 1 N–H and O–H groups in total. The Kier molecular flexibility index (Phi) is 7.73. The van der Waals surface area contributed by atoms with Gasteiger partial charge in [0, 0.05) is 0 Å². The van der Waals surface area contributed by atoms with E-state index in [1.165, 1.54) is 40.4 Å². The normalized spacial score (nSPS) is 12.0. The molecule has 7 nitrogen and oxygen atoms in total. The molecule has 1 amide bonds. The number of para-hydroxylation sites is 1. The Balaban J connectivity index is 2.07. The van der Waals surface area contributed by atoms with Gasteiger partial charge in [-0.1, -0.05) is 12.1 Å². The van der Waals surface area contributed by atoms with Gasteiger partial charge < -0.3 is 24.3 Å². The van der Waals surface area contributed by atoms with Gasteiger partial charge in [0.2, 0.25) is 5.75 Å². The van der Waals surface area contributed by atoms with E-state index in [0.717, 1.165) is 12.1 Å². The highest BCUT2D eigenvalue weighted by Gasteiger charge is 2.34. The third-order valence-electron chi connectivity index (χ3n) is 4.24. The first-order valence-electron chi connectivity index (χ1n) is 9.06. The Morgan fingerprint density at radius 3 is 2.10 bits per heavy atom. The summed E-state index contributed by atoms with van der Waals surface area (Å²) < 4.78 is 59.9. The quantitative estimate of drug-likeness (QED) is 0.627. The van der Waals surface area contributed by atoms with Crippen LogP contribution in [0.25, 0.3) is 0 Å². The number of halogens is 3. The molecule has 0 saturated heterocycles. The summed E-state index contributed by atoms with van der Waals surface area (Å²) in [4.78, 5) is 24.5. The molecule has 168 valence electrons. The van der Waals surface area contributed by atoms with Crippen LogP contribution in [-0.4, -0.2) is 39.3 Å². The molecule has 2 rings (SSSR count). The molecule has 0 aliphatic carbocycles. The first kappa shape index (κ1) is 23.8. The molecular weight excluding hydrogens is 419 g/mol. The monoisotopic (exact) mass is 441 g/mol. The molecule has 1 atom stereocenters. The molecule has 2 aromatic carbocycles. The van der Waals surface area contributed by atoms with Gasteiger partial charge in [-0.05, 0) is 36.8 Å². The number of carbonyl (C=O) groups excluding carboxylic acids is 2. The number of rotatable bonds is 8. The molecule has 0 aromatic heterocycles. The van der Waals surface area contributed by atoms with E-state index in [2.05, 4.69) is 5.32 Å². The molecule has 10 heteroatoms. The fourth-order valence-electron chi connectivity index (χ4n) is 2.77. The van der Waals surface area contributed by atoms with E-state index in [-0.39, 0.29) is 6.42 Å². The maximum absolute atomic E-state index is 13.1. The lowest BCUT2D eigenvalue weighted by Gasteiger charge is -2.17. The first-order chi connectivity index (χ1) is 14.6. The number of carbonyl (C=O) groups is 2. The minimum atomic E-state index is -4.64. The molecule has 0 bridgehead atoms. The van der Waals surface area contributed by atoms with Crippen molar-refractivity contribution < 1.29 is 41.7 Å². The van der Waals surface area contributed by atoms with Crippen LogP contribution < -0.4 is 19.5 Å². The zero-order valence-electron chi connectivity index (χ0n) is 17.3. The van der Waals surface area contributed by atoms with Crippen molar-refractivity contribution in [2.75, 3.05) is 26.6 Å². The number of amides is 1. The average molecular weight is 441 g/mol. The summed E-state index contributed by atoms with van der Waals surface area (Å²) in [5, 5.41) is 2.14. The van der Waals surface area contributed by atoms with Crippen molar-refractivity contribution in [1.29, 1.82) is 0 Å². The molecule has 0 aliphatic rings. The van der Waals surface area contributed by atoms with E-state index >= 15 is 0 Å². The van der Waals surface area contributed by atoms with Crippen molar-refractivity contribution in [3.63, 3.8) is 0 Å².